The van der Waals surface area contributed by atoms with Gasteiger partial charge in [-0.3, -0.25) is 4.79 Å². The quantitative estimate of drug-likeness (QED) is 0.493. The van der Waals surface area contributed by atoms with Gasteiger partial charge in [-0.25, -0.2) is 9.97 Å². The van der Waals surface area contributed by atoms with E-state index < -0.39 is 23.4 Å². The molecular formula is C23H25F3N4O2. The zero-order valence-electron chi connectivity index (χ0n) is 17.9. The summed E-state index contributed by atoms with van der Waals surface area (Å²) < 4.78 is 38.9. The van der Waals surface area contributed by atoms with Crippen LogP contribution < -0.4 is 5.32 Å². The van der Waals surface area contributed by atoms with E-state index in [0.29, 0.717) is 17.0 Å². The second-order valence-corrected chi connectivity index (χ2v) is 8.79. The molecule has 170 valence electrons. The molecule has 3 N–H and O–H groups in total. The first-order valence-corrected chi connectivity index (χ1v) is 10.6. The van der Waals surface area contributed by atoms with Gasteiger partial charge in [0.15, 0.2) is 0 Å². The number of nitrogens with zero attached hydrogens (tertiary/aromatic N) is 2. The number of anilines is 1. The number of alkyl halides is 3. The Morgan fingerprint density at radius 3 is 2.50 bits per heavy atom. The highest BCUT2D eigenvalue weighted by Crippen LogP contribution is 2.35. The summed E-state index contributed by atoms with van der Waals surface area (Å²) in [5.74, 6) is 0.419. The van der Waals surface area contributed by atoms with E-state index in [2.05, 4.69) is 15.3 Å². The molecule has 0 atom stereocenters. The van der Waals surface area contributed by atoms with Crippen LogP contribution >= 0.6 is 0 Å². The van der Waals surface area contributed by atoms with Gasteiger partial charge in [-0.1, -0.05) is 25.3 Å². The smallest absolute Gasteiger partial charge is 0.386 e. The van der Waals surface area contributed by atoms with Crippen LogP contribution in [-0.4, -0.2) is 26.0 Å². The molecule has 0 spiro atoms. The number of aromatic nitrogens is 3. The van der Waals surface area contributed by atoms with E-state index >= 15 is 0 Å². The molecule has 1 aromatic carbocycles. The molecule has 32 heavy (non-hydrogen) atoms. The number of halogens is 3. The molecular weight excluding hydrogens is 421 g/mol. The summed E-state index contributed by atoms with van der Waals surface area (Å²) >= 11 is 0. The van der Waals surface area contributed by atoms with Crippen molar-refractivity contribution in [3.8, 4) is 0 Å². The van der Waals surface area contributed by atoms with Gasteiger partial charge in [0.1, 0.15) is 17.2 Å². The summed E-state index contributed by atoms with van der Waals surface area (Å²) in [6.07, 6.45) is 0.993. The fraction of sp³-hybridized carbons (Fsp3) is 0.435. The number of imidazole rings is 1. The summed E-state index contributed by atoms with van der Waals surface area (Å²) in [6.45, 7) is 3.15. The SMILES string of the molecule is CC(C)(O)c1cc2[nH]c(C3CCCCC3)nc2cc1NC(=O)c1cccc(C(F)(F)F)n1. The number of carbonyl (C=O) groups excluding carboxylic acids is 1. The Hall–Kier alpha value is -2.94. The number of H-pyrrole nitrogens is 1. The van der Waals surface area contributed by atoms with Crippen LogP contribution in [0, 0.1) is 0 Å². The highest BCUT2D eigenvalue weighted by Gasteiger charge is 2.33. The number of rotatable bonds is 4. The maximum absolute atomic E-state index is 13.0. The van der Waals surface area contributed by atoms with E-state index in [1.807, 2.05) is 0 Å². The van der Waals surface area contributed by atoms with Crippen molar-refractivity contribution in [1.82, 2.24) is 15.0 Å². The van der Waals surface area contributed by atoms with Crippen molar-refractivity contribution >= 4 is 22.6 Å². The third-order valence-corrected chi connectivity index (χ3v) is 5.81. The van der Waals surface area contributed by atoms with Crippen molar-refractivity contribution in [1.29, 1.82) is 0 Å². The van der Waals surface area contributed by atoms with Crippen LogP contribution in [0.2, 0.25) is 0 Å². The largest absolute Gasteiger partial charge is 0.433 e. The number of hydrogen-bond acceptors (Lipinski definition) is 4. The fourth-order valence-corrected chi connectivity index (χ4v) is 4.16. The zero-order chi connectivity index (χ0) is 23.1. The standard InChI is InChI=1S/C23H25F3N4O2/c1-22(2,32)14-11-17-18(29-20(28-17)13-7-4-3-5-8-13)12-16(14)30-21(31)15-9-6-10-19(27-15)23(24,25)26/h6,9-13,32H,3-5,7-8H2,1-2H3,(H,28,29)(H,30,31). The lowest BCUT2D eigenvalue weighted by Gasteiger charge is -2.22. The van der Waals surface area contributed by atoms with Gasteiger partial charge in [0, 0.05) is 17.2 Å². The van der Waals surface area contributed by atoms with Gasteiger partial charge in [-0.15, -0.1) is 0 Å². The monoisotopic (exact) mass is 446 g/mol. The van der Waals surface area contributed by atoms with Crippen LogP contribution in [0.15, 0.2) is 30.3 Å². The number of nitrogens with one attached hydrogen (secondary N) is 2. The minimum absolute atomic E-state index is 0.274. The molecule has 3 aromatic rings. The molecule has 2 heterocycles. The minimum atomic E-state index is -4.65. The second-order valence-electron chi connectivity index (χ2n) is 8.79. The molecule has 1 fully saturated rings. The first kappa shape index (κ1) is 22.3. The van der Waals surface area contributed by atoms with E-state index in [1.54, 1.807) is 26.0 Å². The van der Waals surface area contributed by atoms with Crippen LogP contribution in [0.25, 0.3) is 11.0 Å². The summed E-state index contributed by atoms with van der Waals surface area (Å²) in [4.78, 5) is 24.2. The van der Waals surface area contributed by atoms with E-state index in [9.17, 15) is 23.1 Å². The average molecular weight is 446 g/mol. The van der Waals surface area contributed by atoms with Crippen molar-refractivity contribution in [2.75, 3.05) is 5.32 Å². The Morgan fingerprint density at radius 1 is 1.12 bits per heavy atom. The van der Waals surface area contributed by atoms with Crippen LogP contribution in [0.5, 0.6) is 0 Å². The number of fused-ring (bicyclic) bond motifs is 1. The van der Waals surface area contributed by atoms with Crippen molar-refractivity contribution < 1.29 is 23.1 Å². The number of pyridine rings is 1. The molecule has 0 bridgehead atoms. The fourth-order valence-electron chi connectivity index (χ4n) is 4.16. The molecule has 0 saturated heterocycles. The third kappa shape index (κ3) is 4.62. The predicted octanol–water partition coefficient (Wildman–Crippen LogP) is 5.50. The Labute approximate surface area is 183 Å². The van der Waals surface area contributed by atoms with E-state index in [4.69, 9.17) is 4.98 Å². The Morgan fingerprint density at radius 2 is 1.84 bits per heavy atom. The number of aliphatic hydroxyl groups is 1. The van der Waals surface area contributed by atoms with Gasteiger partial charge < -0.3 is 15.4 Å². The highest BCUT2D eigenvalue weighted by molar-refractivity contribution is 6.04. The molecule has 2 aromatic heterocycles. The lowest BCUT2D eigenvalue weighted by molar-refractivity contribution is -0.141. The van der Waals surface area contributed by atoms with Crippen LogP contribution in [0.4, 0.5) is 18.9 Å². The summed E-state index contributed by atoms with van der Waals surface area (Å²) in [5, 5.41) is 13.3. The summed E-state index contributed by atoms with van der Waals surface area (Å²) in [6, 6.07) is 6.51. The number of hydrogen-bond donors (Lipinski definition) is 3. The molecule has 9 heteroatoms. The van der Waals surface area contributed by atoms with Crippen LogP contribution in [0.1, 0.15) is 79.4 Å². The van der Waals surface area contributed by atoms with Crippen molar-refractivity contribution in [2.24, 2.45) is 0 Å². The lowest BCUT2D eigenvalue weighted by Crippen LogP contribution is -2.22. The normalized spacial score (nSPS) is 15.8. The van der Waals surface area contributed by atoms with Gasteiger partial charge >= 0.3 is 6.18 Å². The molecule has 6 nitrogen and oxygen atoms in total. The predicted molar refractivity (Wildman–Crippen MR) is 114 cm³/mol. The topological polar surface area (TPSA) is 90.9 Å². The molecule has 1 amide bonds. The van der Waals surface area contributed by atoms with E-state index in [-0.39, 0.29) is 11.4 Å². The van der Waals surface area contributed by atoms with Gasteiger partial charge in [0.05, 0.1) is 16.6 Å². The molecule has 0 radical (unpaired) electrons. The molecule has 0 aliphatic heterocycles. The Balaban J connectivity index is 1.69. The zero-order valence-corrected chi connectivity index (χ0v) is 17.9. The van der Waals surface area contributed by atoms with Gasteiger partial charge in [0.25, 0.3) is 5.91 Å². The molecule has 1 aliphatic carbocycles. The minimum Gasteiger partial charge on any atom is -0.386 e. The van der Waals surface area contributed by atoms with Gasteiger partial charge in [0.2, 0.25) is 0 Å². The maximum Gasteiger partial charge on any atom is 0.433 e. The first-order valence-electron chi connectivity index (χ1n) is 10.6. The van der Waals surface area contributed by atoms with E-state index in [0.717, 1.165) is 49.2 Å². The van der Waals surface area contributed by atoms with Gasteiger partial charge in [-0.05, 0) is 51.0 Å². The first-order chi connectivity index (χ1) is 15.0. The van der Waals surface area contributed by atoms with E-state index in [1.165, 1.54) is 12.5 Å². The second kappa shape index (κ2) is 8.20. The Kier molecular flexibility index (Phi) is 5.70. The number of benzene rings is 1. The molecule has 1 aliphatic rings. The van der Waals surface area contributed by atoms with Gasteiger partial charge in [-0.2, -0.15) is 13.2 Å². The number of aromatic amines is 1. The molecule has 0 unspecified atom stereocenters. The van der Waals surface area contributed by atoms with Crippen molar-refractivity contribution in [3.63, 3.8) is 0 Å². The van der Waals surface area contributed by atoms with Crippen LogP contribution in [0.3, 0.4) is 0 Å². The van der Waals surface area contributed by atoms with Crippen LogP contribution in [-0.2, 0) is 11.8 Å². The molecule has 4 rings (SSSR count). The summed E-state index contributed by atoms with van der Waals surface area (Å²) in [7, 11) is 0. The number of carbonyl (C=O) groups is 1. The van der Waals surface area contributed by atoms with Crippen molar-refractivity contribution in [3.05, 3.63) is 53.1 Å². The molecule has 1 saturated carbocycles. The van der Waals surface area contributed by atoms with Crippen molar-refractivity contribution in [2.45, 2.75) is 63.6 Å². The average Bonchev–Trinajstić information content (AvgIpc) is 3.16. The Bertz CT molecular complexity index is 1140. The third-order valence-electron chi connectivity index (χ3n) is 5.81. The highest BCUT2D eigenvalue weighted by atomic mass is 19.4. The lowest BCUT2D eigenvalue weighted by atomic mass is 9.89. The number of amides is 1. The summed E-state index contributed by atoms with van der Waals surface area (Å²) in [5.41, 5.74) is -0.781. The maximum atomic E-state index is 13.0.